The Morgan fingerprint density at radius 1 is 0.949 bits per heavy atom. The third kappa shape index (κ3) is 8.47. The minimum absolute atomic E-state index is 0.0466. The van der Waals surface area contributed by atoms with E-state index in [1.165, 1.54) is 17.0 Å². The Kier molecular flexibility index (Phi) is 10.2. The number of hydrogen-bond donors (Lipinski definition) is 3. The smallest absolute Gasteiger partial charge is 0.408 e. The van der Waals surface area contributed by atoms with Gasteiger partial charge in [-0.25, -0.2) is 4.79 Å². The predicted octanol–water partition coefficient (Wildman–Crippen LogP) is 6.26. The standard InChI is InChI=1S/C31H45N3O5/c1-11-19(2)25(33-29(38)39-31(8,9)10)28(37)34(30(5,6)7)26(22-15-17-23(35)18-16-22)27(36)32-24-20(3)13-12-14-21(24)4/h12-19,25-26,35H,11H2,1-10H3,(H,32,36)(H,33,38). The lowest BCUT2D eigenvalue weighted by molar-refractivity contribution is -0.147. The first-order valence-electron chi connectivity index (χ1n) is 13.4. The quantitative estimate of drug-likeness (QED) is 0.367. The first kappa shape index (κ1) is 31.7. The molecule has 0 spiro atoms. The van der Waals surface area contributed by atoms with Gasteiger partial charge in [-0.2, -0.15) is 0 Å². The van der Waals surface area contributed by atoms with Crippen LogP contribution in [-0.2, 0) is 14.3 Å². The molecule has 2 aromatic rings. The fourth-order valence-electron chi connectivity index (χ4n) is 4.39. The second kappa shape index (κ2) is 12.5. The molecule has 2 aromatic carbocycles. The molecular formula is C31H45N3O5. The van der Waals surface area contributed by atoms with Gasteiger partial charge in [0.15, 0.2) is 0 Å². The van der Waals surface area contributed by atoms with Crippen LogP contribution in [0.2, 0.25) is 0 Å². The number of anilines is 1. The predicted molar refractivity (Wildman–Crippen MR) is 155 cm³/mol. The normalized spacial score (nSPS) is 14.1. The molecule has 0 saturated heterocycles. The first-order valence-corrected chi connectivity index (χ1v) is 13.4. The van der Waals surface area contributed by atoms with Crippen molar-refractivity contribution in [2.24, 2.45) is 5.92 Å². The summed E-state index contributed by atoms with van der Waals surface area (Å²) in [6.45, 7) is 18.5. The molecule has 8 heteroatoms. The fraction of sp³-hybridized carbons (Fsp3) is 0.516. The van der Waals surface area contributed by atoms with Crippen molar-refractivity contribution >= 4 is 23.6 Å². The molecule has 0 fully saturated rings. The Labute approximate surface area is 233 Å². The summed E-state index contributed by atoms with van der Waals surface area (Å²) in [6, 6.07) is 10.0. The summed E-state index contributed by atoms with van der Waals surface area (Å²) in [5.74, 6) is -0.999. The van der Waals surface area contributed by atoms with E-state index < -0.39 is 41.1 Å². The molecule has 2 rings (SSSR count). The van der Waals surface area contributed by atoms with Crippen molar-refractivity contribution in [1.82, 2.24) is 10.2 Å². The van der Waals surface area contributed by atoms with Gasteiger partial charge in [-0.1, -0.05) is 50.6 Å². The van der Waals surface area contributed by atoms with Crippen LogP contribution >= 0.6 is 0 Å². The third-order valence-corrected chi connectivity index (χ3v) is 6.56. The van der Waals surface area contributed by atoms with Gasteiger partial charge in [-0.05, 0) is 90.1 Å². The lowest BCUT2D eigenvalue weighted by Gasteiger charge is -2.44. The highest BCUT2D eigenvalue weighted by Crippen LogP contribution is 2.33. The summed E-state index contributed by atoms with van der Waals surface area (Å²) in [5, 5.41) is 15.8. The van der Waals surface area contributed by atoms with Gasteiger partial charge < -0.3 is 25.4 Å². The average molecular weight is 540 g/mol. The number of para-hydroxylation sites is 1. The van der Waals surface area contributed by atoms with Crippen LogP contribution in [0.25, 0.3) is 0 Å². The Morgan fingerprint density at radius 2 is 1.49 bits per heavy atom. The maximum atomic E-state index is 14.4. The molecule has 3 unspecified atom stereocenters. The largest absolute Gasteiger partial charge is 0.508 e. The topological polar surface area (TPSA) is 108 Å². The zero-order valence-electron chi connectivity index (χ0n) is 25.0. The highest BCUT2D eigenvalue weighted by molar-refractivity contribution is 6.00. The van der Waals surface area contributed by atoms with Crippen LogP contribution in [0.1, 0.15) is 84.5 Å². The van der Waals surface area contributed by atoms with Crippen LogP contribution in [0.15, 0.2) is 42.5 Å². The minimum atomic E-state index is -1.05. The van der Waals surface area contributed by atoms with E-state index >= 15 is 0 Å². The molecule has 8 nitrogen and oxygen atoms in total. The minimum Gasteiger partial charge on any atom is -0.508 e. The number of nitrogens with zero attached hydrogens (tertiary/aromatic N) is 1. The molecule has 0 saturated carbocycles. The Bertz CT molecular complexity index is 1140. The lowest BCUT2D eigenvalue weighted by Crippen LogP contribution is -2.59. The number of aromatic hydroxyl groups is 1. The van der Waals surface area contributed by atoms with Crippen molar-refractivity contribution in [3.05, 3.63) is 59.2 Å². The summed E-state index contributed by atoms with van der Waals surface area (Å²) in [5.41, 5.74) is 1.43. The Morgan fingerprint density at radius 3 is 1.95 bits per heavy atom. The van der Waals surface area contributed by atoms with Gasteiger partial charge in [0, 0.05) is 11.2 Å². The van der Waals surface area contributed by atoms with Crippen LogP contribution in [-0.4, -0.2) is 45.1 Å². The van der Waals surface area contributed by atoms with Crippen LogP contribution < -0.4 is 10.6 Å². The maximum Gasteiger partial charge on any atom is 0.408 e. The summed E-state index contributed by atoms with van der Waals surface area (Å²) in [4.78, 5) is 42.8. The van der Waals surface area contributed by atoms with Crippen molar-refractivity contribution in [1.29, 1.82) is 0 Å². The number of phenolic OH excluding ortho intramolecular Hbond substituents is 1. The van der Waals surface area contributed by atoms with Crippen LogP contribution in [0, 0.1) is 19.8 Å². The molecule has 0 aliphatic heterocycles. The van der Waals surface area contributed by atoms with Gasteiger partial charge in [-0.15, -0.1) is 0 Å². The van der Waals surface area contributed by atoms with E-state index in [-0.39, 0.29) is 11.7 Å². The Balaban J connectivity index is 2.64. The van der Waals surface area contributed by atoms with Gasteiger partial charge >= 0.3 is 6.09 Å². The molecule has 3 N–H and O–H groups in total. The van der Waals surface area contributed by atoms with E-state index in [9.17, 15) is 19.5 Å². The number of phenols is 1. The lowest BCUT2D eigenvalue weighted by atomic mass is 9.91. The van der Waals surface area contributed by atoms with Gasteiger partial charge in [-0.3, -0.25) is 9.59 Å². The number of carbonyl (C=O) groups is 3. The monoisotopic (exact) mass is 539 g/mol. The third-order valence-electron chi connectivity index (χ3n) is 6.56. The van der Waals surface area contributed by atoms with Gasteiger partial charge in [0.1, 0.15) is 23.4 Å². The summed E-state index contributed by atoms with van der Waals surface area (Å²) >= 11 is 0. The molecule has 0 aromatic heterocycles. The van der Waals surface area contributed by atoms with E-state index in [0.717, 1.165) is 11.1 Å². The summed E-state index contributed by atoms with van der Waals surface area (Å²) < 4.78 is 5.46. The molecule has 0 radical (unpaired) electrons. The number of amides is 3. The molecule has 214 valence electrons. The van der Waals surface area contributed by atoms with E-state index in [0.29, 0.717) is 17.7 Å². The van der Waals surface area contributed by atoms with Gasteiger partial charge in [0.2, 0.25) is 5.91 Å². The molecule has 0 aliphatic rings. The summed E-state index contributed by atoms with van der Waals surface area (Å²) in [6.07, 6.45) is -0.0842. The molecule has 3 atom stereocenters. The molecular weight excluding hydrogens is 494 g/mol. The van der Waals surface area contributed by atoms with Crippen molar-refractivity contribution in [3.63, 3.8) is 0 Å². The number of benzene rings is 2. The van der Waals surface area contributed by atoms with E-state index in [4.69, 9.17) is 4.74 Å². The van der Waals surface area contributed by atoms with Crippen molar-refractivity contribution in [2.75, 3.05) is 5.32 Å². The number of rotatable bonds is 8. The zero-order valence-corrected chi connectivity index (χ0v) is 25.0. The number of hydrogen-bond acceptors (Lipinski definition) is 5. The SMILES string of the molecule is CCC(C)C(NC(=O)OC(C)(C)C)C(=O)N(C(C(=O)Nc1c(C)cccc1C)c1ccc(O)cc1)C(C)(C)C. The maximum absolute atomic E-state index is 14.4. The number of carbonyl (C=O) groups excluding carboxylic acids is 3. The van der Waals surface area contributed by atoms with Gasteiger partial charge in [0.05, 0.1) is 0 Å². The summed E-state index contributed by atoms with van der Waals surface area (Å²) in [7, 11) is 0. The van der Waals surface area contributed by atoms with Crippen LogP contribution in [0.4, 0.5) is 10.5 Å². The molecule has 0 bridgehead atoms. The van der Waals surface area contributed by atoms with E-state index in [2.05, 4.69) is 10.6 Å². The highest BCUT2D eigenvalue weighted by Gasteiger charge is 2.43. The van der Waals surface area contributed by atoms with Crippen molar-refractivity contribution in [3.8, 4) is 5.75 Å². The number of ether oxygens (including phenoxy) is 1. The first-order chi connectivity index (χ1) is 18.0. The van der Waals surface area contributed by atoms with E-state index in [1.807, 2.05) is 66.7 Å². The average Bonchev–Trinajstić information content (AvgIpc) is 2.81. The molecule has 0 heterocycles. The Hall–Kier alpha value is -3.55. The van der Waals surface area contributed by atoms with Crippen molar-refractivity contribution < 1.29 is 24.2 Å². The number of alkyl carbamates (subject to hydrolysis) is 1. The van der Waals surface area contributed by atoms with Crippen LogP contribution in [0.5, 0.6) is 5.75 Å². The second-order valence-corrected chi connectivity index (χ2v) is 12.1. The van der Waals surface area contributed by atoms with Gasteiger partial charge in [0.25, 0.3) is 5.91 Å². The molecule has 3 amide bonds. The second-order valence-electron chi connectivity index (χ2n) is 12.1. The fourth-order valence-corrected chi connectivity index (χ4v) is 4.39. The van der Waals surface area contributed by atoms with Crippen molar-refractivity contribution in [2.45, 2.75) is 98.9 Å². The zero-order chi connectivity index (χ0) is 29.7. The number of nitrogens with one attached hydrogen (secondary N) is 2. The van der Waals surface area contributed by atoms with E-state index in [1.54, 1.807) is 32.9 Å². The van der Waals surface area contributed by atoms with Crippen LogP contribution in [0.3, 0.4) is 0 Å². The highest BCUT2D eigenvalue weighted by atomic mass is 16.6. The number of aryl methyl sites for hydroxylation is 2. The molecule has 0 aliphatic carbocycles. The molecule has 39 heavy (non-hydrogen) atoms.